The molecule has 0 saturated heterocycles. The summed E-state index contributed by atoms with van der Waals surface area (Å²) < 4.78 is 0. The van der Waals surface area contributed by atoms with Crippen LogP contribution in [0.3, 0.4) is 0 Å². The lowest BCUT2D eigenvalue weighted by atomic mass is 9.68. The molecule has 106 valence electrons. The fourth-order valence-corrected chi connectivity index (χ4v) is 3.85. The Morgan fingerprint density at radius 1 is 1.35 bits per heavy atom. The van der Waals surface area contributed by atoms with Crippen LogP contribution in [0.15, 0.2) is 30.9 Å². The molecule has 20 heavy (non-hydrogen) atoms. The van der Waals surface area contributed by atoms with Crippen molar-refractivity contribution < 1.29 is 10.2 Å². The maximum Gasteiger partial charge on any atom is 0.116 e. The topological polar surface area (TPSA) is 40.5 Å². The minimum Gasteiger partial charge on any atom is -0.508 e. The van der Waals surface area contributed by atoms with E-state index in [2.05, 4.69) is 19.6 Å². The van der Waals surface area contributed by atoms with Crippen molar-refractivity contribution in [3.05, 3.63) is 42.0 Å². The number of fused-ring (bicyclic) bond motifs is 1. The first-order valence-corrected chi connectivity index (χ1v) is 7.37. The van der Waals surface area contributed by atoms with Crippen molar-refractivity contribution in [1.29, 1.82) is 0 Å². The van der Waals surface area contributed by atoms with Gasteiger partial charge >= 0.3 is 0 Å². The number of aliphatic hydroxyl groups excluding tert-OH is 1. The lowest BCUT2D eigenvalue weighted by molar-refractivity contribution is 0.0400. The molecule has 0 bridgehead atoms. The van der Waals surface area contributed by atoms with Crippen molar-refractivity contribution in [1.82, 2.24) is 0 Å². The molecule has 0 aliphatic heterocycles. The first kappa shape index (κ1) is 13.4. The Hall–Kier alpha value is -1.54. The van der Waals surface area contributed by atoms with Gasteiger partial charge in [-0.15, -0.1) is 0 Å². The lowest BCUT2D eigenvalue weighted by Crippen LogP contribution is -2.34. The molecule has 1 saturated carbocycles. The molecule has 3 atom stereocenters. The number of phenolic OH excluding ortho intramolecular Hbond substituents is 1. The van der Waals surface area contributed by atoms with E-state index in [1.165, 1.54) is 11.1 Å². The van der Waals surface area contributed by atoms with Gasteiger partial charge in [0, 0.05) is 5.41 Å². The molecule has 0 radical (unpaired) electrons. The molecular weight excluding hydrogens is 248 g/mol. The number of allylic oxidation sites excluding steroid dienone is 2. The highest BCUT2D eigenvalue weighted by Crippen LogP contribution is 2.53. The van der Waals surface area contributed by atoms with E-state index in [9.17, 15) is 10.2 Å². The summed E-state index contributed by atoms with van der Waals surface area (Å²) in [6, 6.07) is 5.48. The minimum absolute atomic E-state index is 0.0504. The van der Waals surface area contributed by atoms with E-state index in [1.807, 2.05) is 6.07 Å². The molecule has 0 heterocycles. The van der Waals surface area contributed by atoms with Crippen molar-refractivity contribution >= 4 is 11.6 Å². The van der Waals surface area contributed by atoms with E-state index in [0.29, 0.717) is 5.92 Å². The Kier molecular flexibility index (Phi) is 3.21. The molecule has 0 spiro atoms. The van der Waals surface area contributed by atoms with Crippen LogP contribution in [-0.4, -0.2) is 16.3 Å². The number of rotatable bonds is 2. The molecule has 1 fully saturated rings. The Morgan fingerprint density at radius 2 is 2.15 bits per heavy atom. The maximum atomic E-state index is 10.2. The molecular formula is C18H22O2. The molecule has 2 heteroatoms. The second kappa shape index (κ2) is 4.78. The summed E-state index contributed by atoms with van der Waals surface area (Å²) in [6.07, 6.45) is 7.88. The molecule has 2 N–H and O–H groups in total. The van der Waals surface area contributed by atoms with Crippen LogP contribution in [0, 0.1) is 11.3 Å². The quantitative estimate of drug-likeness (QED) is 0.853. The van der Waals surface area contributed by atoms with E-state index in [-0.39, 0.29) is 17.3 Å². The van der Waals surface area contributed by atoms with Gasteiger partial charge in [0.2, 0.25) is 0 Å². The average molecular weight is 270 g/mol. The zero-order chi connectivity index (χ0) is 14.3. The zero-order valence-electron chi connectivity index (χ0n) is 12.0. The summed E-state index contributed by atoms with van der Waals surface area (Å²) in [6.45, 7) is 6.06. The van der Waals surface area contributed by atoms with Gasteiger partial charge < -0.3 is 10.2 Å². The number of aliphatic hydroxyl groups is 1. The van der Waals surface area contributed by atoms with E-state index in [1.54, 1.807) is 18.2 Å². The second-order valence-corrected chi connectivity index (χ2v) is 6.41. The van der Waals surface area contributed by atoms with Crippen molar-refractivity contribution in [2.45, 2.75) is 38.7 Å². The lowest BCUT2D eigenvalue weighted by Gasteiger charge is -2.38. The monoisotopic (exact) mass is 270 g/mol. The summed E-state index contributed by atoms with van der Waals surface area (Å²) in [4.78, 5) is 0. The van der Waals surface area contributed by atoms with Crippen LogP contribution in [-0.2, 0) is 0 Å². The average Bonchev–Trinajstić information content (AvgIpc) is 2.74. The van der Waals surface area contributed by atoms with Gasteiger partial charge in [0.05, 0.1) is 6.10 Å². The molecule has 1 aromatic carbocycles. The van der Waals surface area contributed by atoms with Crippen LogP contribution >= 0.6 is 0 Å². The number of phenols is 1. The predicted molar refractivity (Wildman–Crippen MR) is 82.2 cm³/mol. The van der Waals surface area contributed by atoms with Crippen LogP contribution in [0.4, 0.5) is 0 Å². The molecule has 3 rings (SSSR count). The van der Waals surface area contributed by atoms with Crippen molar-refractivity contribution in [2.24, 2.45) is 11.3 Å². The molecule has 1 aromatic rings. The van der Waals surface area contributed by atoms with Gasteiger partial charge in [-0.25, -0.2) is 0 Å². The van der Waals surface area contributed by atoms with Crippen LogP contribution in [0.25, 0.3) is 11.6 Å². The van der Waals surface area contributed by atoms with Crippen LogP contribution in [0.2, 0.25) is 0 Å². The van der Waals surface area contributed by atoms with Crippen molar-refractivity contribution in [2.75, 3.05) is 0 Å². The van der Waals surface area contributed by atoms with Gasteiger partial charge in [-0.3, -0.25) is 0 Å². The van der Waals surface area contributed by atoms with Crippen LogP contribution < -0.4 is 0 Å². The molecule has 0 amide bonds. The fourth-order valence-electron chi connectivity index (χ4n) is 3.85. The van der Waals surface area contributed by atoms with Crippen LogP contribution in [0.1, 0.15) is 43.7 Å². The predicted octanol–water partition coefficient (Wildman–Crippen LogP) is 3.99. The van der Waals surface area contributed by atoms with E-state index in [0.717, 1.165) is 31.2 Å². The summed E-state index contributed by atoms with van der Waals surface area (Å²) >= 11 is 0. The highest BCUT2D eigenvalue weighted by atomic mass is 16.3. The van der Waals surface area contributed by atoms with E-state index >= 15 is 0 Å². The largest absolute Gasteiger partial charge is 0.508 e. The molecule has 2 aliphatic carbocycles. The maximum absolute atomic E-state index is 10.2. The van der Waals surface area contributed by atoms with Gasteiger partial charge in [-0.05, 0) is 60.4 Å². The molecule has 2 nitrogen and oxygen atoms in total. The standard InChI is InChI=1S/C18H22O2/c1-3-12-11-15(19)5-6-16(12)13-8-9-18(2)14(10-13)4-7-17(18)20/h3,5-6,8,11,14,17,19-20H,1,4,7,9-10H2,2H3/t14?,17-,18-/m0/s1. The summed E-state index contributed by atoms with van der Waals surface area (Å²) in [7, 11) is 0. The Labute approximate surface area is 120 Å². The minimum atomic E-state index is -0.163. The third-order valence-electron chi connectivity index (χ3n) is 5.34. The number of benzene rings is 1. The first-order valence-electron chi connectivity index (χ1n) is 7.37. The first-order chi connectivity index (χ1) is 9.54. The summed E-state index contributed by atoms with van der Waals surface area (Å²) in [5.41, 5.74) is 3.53. The number of hydrogen-bond acceptors (Lipinski definition) is 2. The third kappa shape index (κ3) is 1.99. The highest BCUT2D eigenvalue weighted by molar-refractivity contribution is 5.75. The van der Waals surface area contributed by atoms with Gasteiger partial charge in [0.25, 0.3) is 0 Å². The number of hydrogen-bond donors (Lipinski definition) is 2. The molecule has 2 aliphatic rings. The molecule has 1 unspecified atom stereocenters. The summed E-state index contributed by atoms with van der Waals surface area (Å²) in [5, 5.41) is 19.8. The Morgan fingerprint density at radius 3 is 2.90 bits per heavy atom. The highest BCUT2D eigenvalue weighted by Gasteiger charge is 2.46. The number of aromatic hydroxyl groups is 1. The van der Waals surface area contributed by atoms with E-state index < -0.39 is 0 Å². The smallest absolute Gasteiger partial charge is 0.116 e. The summed E-state index contributed by atoms with van der Waals surface area (Å²) in [5.74, 6) is 0.838. The van der Waals surface area contributed by atoms with Gasteiger partial charge in [-0.1, -0.05) is 31.7 Å². The van der Waals surface area contributed by atoms with Crippen LogP contribution in [0.5, 0.6) is 5.75 Å². The van der Waals surface area contributed by atoms with Gasteiger partial charge in [0.1, 0.15) is 5.75 Å². The normalized spacial score (nSPS) is 32.6. The van der Waals surface area contributed by atoms with Crippen molar-refractivity contribution in [3.63, 3.8) is 0 Å². The Bertz CT molecular complexity index is 573. The SMILES string of the molecule is C=Cc1cc(O)ccc1C1=CC[C@@]2(C)C(CC[C@@H]2O)C1. The molecule has 0 aromatic heterocycles. The van der Waals surface area contributed by atoms with Gasteiger partial charge in [0.15, 0.2) is 0 Å². The Balaban J connectivity index is 1.95. The zero-order valence-corrected chi connectivity index (χ0v) is 12.0. The fraction of sp³-hybridized carbons (Fsp3) is 0.444. The second-order valence-electron chi connectivity index (χ2n) is 6.41. The third-order valence-corrected chi connectivity index (χ3v) is 5.34. The van der Waals surface area contributed by atoms with Gasteiger partial charge in [-0.2, -0.15) is 0 Å². The van der Waals surface area contributed by atoms with Crippen molar-refractivity contribution in [3.8, 4) is 5.75 Å². The van der Waals surface area contributed by atoms with E-state index in [4.69, 9.17) is 0 Å².